The van der Waals surface area contributed by atoms with E-state index < -0.39 is 38.7 Å². The third-order valence-corrected chi connectivity index (χ3v) is 5.60. The first kappa shape index (κ1) is 23.0. The van der Waals surface area contributed by atoms with Gasteiger partial charge in [-0.25, -0.2) is 8.42 Å². The minimum absolute atomic E-state index is 0.0912. The van der Waals surface area contributed by atoms with Gasteiger partial charge in [-0.3, -0.25) is 4.79 Å². The number of ether oxygens (including phenoxy) is 1. The van der Waals surface area contributed by atoms with Crippen molar-refractivity contribution in [2.45, 2.75) is 31.0 Å². The maximum Gasteiger partial charge on any atom is 0.417 e. The van der Waals surface area contributed by atoms with Gasteiger partial charge in [0.15, 0.2) is 0 Å². The van der Waals surface area contributed by atoms with E-state index in [0.717, 1.165) is 6.07 Å². The highest BCUT2D eigenvalue weighted by Crippen LogP contribution is 2.36. The third kappa shape index (κ3) is 6.09. The molecule has 0 unspecified atom stereocenters. The fraction of sp³-hybridized carbons (Fsp3) is 0.278. The van der Waals surface area contributed by atoms with E-state index in [2.05, 4.69) is 10.0 Å². The lowest BCUT2D eigenvalue weighted by atomic mass is 10.2. The molecule has 29 heavy (non-hydrogen) atoms. The Bertz CT molecular complexity index is 980. The predicted octanol–water partition coefficient (Wildman–Crippen LogP) is 4.06. The summed E-state index contributed by atoms with van der Waals surface area (Å²) in [7, 11) is -4.03. The summed E-state index contributed by atoms with van der Waals surface area (Å²) in [4.78, 5) is 12.1. The largest absolute Gasteiger partial charge is 0.494 e. The van der Waals surface area contributed by atoms with E-state index in [1.807, 2.05) is 0 Å². The third-order valence-electron chi connectivity index (χ3n) is 3.71. The number of hydrogen-bond donors (Lipinski definition) is 2. The fourth-order valence-corrected chi connectivity index (χ4v) is 3.73. The molecule has 0 heterocycles. The second-order valence-corrected chi connectivity index (χ2v) is 8.05. The summed E-state index contributed by atoms with van der Waals surface area (Å²) < 4.78 is 70.9. The summed E-state index contributed by atoms with van der Waals surface area (Å²) in [5, 5.41) is 1.72. The van der Waals surface area contributed by atoms with Crippen molar-refractivity contribution >= 4 is 33.2 Å². The van der Waals surface area contributed by atoms with Gasteiger partial charge in [0.1, 0.15) is 5.75 Å². The predicted molar refractivity (Wildman–Crippen MR) is 102 cm³/mol. The van der Waals surface area contributed by atoms with Crippen molar-refractivity contribution in [3.63, 3.8) is 0 Å². The molecule has 0 saturated heterocycles. The van der Waals surface area contributed by atoms with Crippen LogP contribution in [0, 0.1) is 0 Å². The van der Waals surface area contributed by atoms with Gasteiger partial charge in [-0.2, -0.15) is 17.9 Å². The molecule has 0 aliphatic heterocycles. The Kier molecular flexibility index (Phi) is 7.15. The van der Waals surface area contributed by atoms with Crippen molar-refractivity contribution in [3.8, 4) is 5.75 Å². The molecular weight excluding hydrogens is 433 g/mol. The maximum absolute atomic E-state index is 12.9. The van der Waals surface area contributed by atoms with Crippen LogP contribution < -0.4 is 14.8 Å². The smallest absolute Gasteiger partial charge is 0.417 e. The maximum atomic E-state index is 12.9. The summed E-state index contributed by atoms with van der Waals surface area (Å²) in [6, 6.07) is 7.16. The first-order valence-corrected chi connectivity index (χ1v) is 10.2. The van der Waals surface area contributed by atoms with Crippen LogP contribution in [0.4, 0.5) is 18.9 Å². The van der Waals surface area contributed by atoms with Gasteiger partial charge in [0, 0.05) is 5.69 Å². The van der Waals surface area contributed by atoms with Gasteiger partial charge in [0.05, 0.1) is 28.1 Å². The molecule has 2 rings (SSSR count). The van der Waals surface area contributed by atoms with Crippen LogP contribution in [0.3, 0.4) is 0 Å². The Morgan fingerprint density at radius 1 is 1.17 bits per heavy atom. The molecule has 0 aromatic heterocycles. The number of benzene rings is 2. The van der Waals surface area contributed by atoms with Crippen LogP contribution in [-0.4, -0.2) is 27.0 Å². The number of nitrogens with one attached hydrogen (secondary N) is 2. The van der Waals surface area contributed by atoms with Crippen molar-refractivity contribution in [1.29, 1.82) is 0 Å². The summed E-state index contributed by atoms with van der Waals surface area (Å²) in [6.07, 6.45) is -4.70. The molecule has 2 aromatic carbocycles. The van der Waals surface area contributed by atoms with Gasteiger partial charge in [-0.05, 0) is 56.3 Å². The van der Waals surface area contributed by atoms with E-state index >= 15 is 0 Å². The highest BCUT2D eigenvalue weighted by Gasteiger charge is 2.33. The fourth-order valence-electron chi connectivity index (χ4n) is 2.31. The molecule has 0 fully saturated rings. The standard InChI is InChI=1S/C18H18ClF3N2O4S/c1-3-28-13-5-7-14(8-6-13)29(26,27)24-11(2)17(25)23-12-4-9-16(19)15(10-12)18(20,21)22/h4-11,24H,3H2,1-2H3,(H,23,25)/t11-/m0/s1. The molecule has 2 N–H and O–H groups in total. The number of rotatable bonds is 7. The normalized spacial score (nSPS) is 13.0. The SMILES string of the molecule is CCOc1ccc(S(=O)(=O)N[C@@H](C)C(=O)Nc2ccc(Cl)c(C(F)(F)F)c2)cc1. The van der Waals surface area contributed by atoms with Crippen LogP contribution >= 0.6 is 11.6 Å². The summed E-state index contributed by atoms with van der Waals surface area (Å²) in [6.45, 7) is 3.47. The Hall–Kier alpha value is -2.30. The molecule has 6 nitrogen and oxygen atoms in total. The number of amides is 1. The summed E-state index contributed by atoms with van der Waals surface area (Å²) in [5.41, 5.74) is -1.28. The monoisotopic (exact) mass is 450 g/mol. The van der Waals surface area contributed by atoms with Crippen LogP contribution in [0.1, 0.15) is 19.4 Å². The summed E-state index contributed by atoms with van der Waals surface area (Å²) >= 11 is 5.53. The van der Waals surface area contributed by atoms with E-state index in [9.17, 15) is 26.4 Å². The Balaban J connectivity index is 2.10. The van der Waals surface area contributed by atoms with Gasteiger partial charge in [-0.15, -0.1) is 0 Å². The molecule has 1 atom stereocenters. The van der Waals surface area contributed by atoms with Crippen molar-refractivity contribution in [2.24, 2.45) is 0 Å². The van der Waals surface area contributed by atoms with E-state index in [1.165, 1.54) is 37.3 Å². The number of carbonyl (C=O) groups excluding carboxylic acids is 1. The van der Waals surface area contributed by atoms with Gasteiger partial charge in [0.25, 0.3) is 0 Å². The van der Waals surface area contributed by atoms with E-state index in [1.54, 1.807) is 6.92 Å². The lowest BCUT2D eigenvalue weighted by Crippen LogP contribution is -2.41. The molecule has 0 aliphatic rings. The van der Waals surface area contributed by atoms with Gasteiger partial charge >= 0.3 is 6.18 Å². The minimum atomic E-state index is -4.70. The second-order valence-electron chi connectivity index (χ2n) is 5.93. The van der Waals surface area contributed by atoms with Gasteiger partial charge in [-0.1, -0.05) is 11.6 Å². The average molecular weight is 451 g/mol. The zero-order chi connectivity index (χ0) is 21.8. The van der Waals surface area contributed by atoms with Crippen LogP contribution in [0.5, 0.6) is 5.75 Å². The number of anilines is 1. The average Bonchev–Trinajstić information content (AvgIpc) is 2.62. The lowest BCUT2D eigenvalue weighted by Gasteiger charge is -2.16. The van der Waals surface area contributed by atoms with Crippen molar-refractivity contribution in [1.82, 2.24) is 4.72 Å². The molecule has 0 saturated carbocycles. The molecule has 1 amide bonds. The van der Waals surface area contributed by atoms with Crippen LogP contribution in [0.25, 0.3) is 0 Å². The molecule has 2 aromatic rings. The highest BCUT2D eigenvalue weighted by atomic mass is 35.5. The molecule has 0 radical (unpaired) electrons. The molecule has 0 bridgehead atoms. The van der Waals surface area contributed by atoms with E-state index in [-0.39, 0.29) is 10.6 Å². The molecule has 0 spiro atoms. The molecular formula is C18H18ClF3N2O4S. The van der Waals surface area contributed by atoms with Crippen molar-refractivity contribution in [3.05, 3.63) is 53.1 Å². The van der Waals surface area contributed by atoms with Crippen molar-refractivity contribution in [2.75, 3.05) is 11.9 Å². The van der Waals surface area contributed by atoms with E-state index in [0.29, 0.717) is 18.4 Å². The summed E-state index contributed by atoms with van der Waals surface area (Å²) in [5.74, 6) is -0.351. The first-order chi connectivity index (χ1) is 13.4. The molecule has 158 valence electrons. The number of halogens is 4. The Morgan fingerprint density at radius 3 is 2.34 bits per heavy atom. The second kappa shape index (κ2) is 9.02. The highest BCUT2D eigenvalue weighted by molar-refractivity contribution is 7.89. The zero-order valence-electron chi connectivity index (χ0n) is 15.4. The molecule has 11 heteroatoms. The topological polar surface area (TPSA) is 84.5 Å². The Morgan fingerprint density at radius 2 is 1.79 bits per heavy atom. The van der Waals surface area contributed by atoms with Crippen LogP contribution in [0.2, 0.25) is 5.02 Å². The minimum Gasteiger partial charge on any atom is -0.494 e. The van der Waals surface area contributed by atoms with Crippen LogP contribution in [0.15, 0.2) is 47.4 Å². The van der Waals surface area contributed by atoms with Crippen molar-refractivity contribution < 1.29 is 31.1 Å². The number of carbonyl (C=O) groups is 1. The van der Waals surface area contributed by atoms with Gasteiger partial charge in [0.2, 0.25) is 15.9 Å². The quantitative estimate of drug-likeness (QED) is 0.666. The molecule has 0 aliphatic carbocycles. The van der Waals surface area contributed by atoms with Crippen LogP contribution in [-0.2, 0) is 21.0 Å². The Labute approximate surface area is 171 Å². The lowest BCUT2D eigenvalue weighted by molar-refractivity contribution is -0.137. The number of sulfonamides is 1. The van der Waals surface area contributed by atoms with E-state index in [4.69, 9.17) is 16.3 Å². The number of hydrogen-bond acceptors (Lipinski definition) is 4. The van der Waals surface area contributed by atoms with Gasteiger partial charge < -0.3 is 10.1 Å². The zero-order valence-corrected chi connectivity index (χ0v) is 17.0. The number of alkyl halides is 3. The first-order valence-electron chi connectivity index (χ1n) is 8.37.